The molecule has 4 heterocycles. The number of phenolic OH excluding ortho intramolecular Hbond substituents is 1. The monoisotopic (exact) mass is 842 g/mol. The maximum Gasteiger partial charge on any atom is 0.143 e. The van der Waals surface area contributed by atoms with Crippen molar-refractivity contribution in [1.82, 2.24) is 20.3 Å². The number of hydrogen-bond donors (Lipinski definition) is 1. The Morgan fingerprint density at radius 2 is 1.02 bits per heavy atom. The Morgan fingerprint density at radius 3 is 1.47 bits per heavy atom. The van der Waals surface area contributed by atoms with Gasteiger partial charge < -0.3 is 23.6 Å². The number of ether oxygens (including phenoxy) is 2. The lowest BCUT2D eigenvalue weighted by atomic mass is 10.1. The number of carbonyl (C=O) groups is 2. The highest BCUT2D eigenvalue weighted by Crippen LogP contribution is 2.35. The van der Waals surface area contributed by atoms with Crippen LogP contribution < -0.4 is 9.47 Å². The predicted molar refractivity (Wildman–Crippen MR) is 230 cm³/mol. The van der Waals surface area contributed by atoms with E-state index >= 15 is 0 Å². The molecule has 0 fully saturated rings. The van der Waals surface area contributed by atoms with Crippen molar-refractivity contribution in [3.05, 3.63) is 158 Å². The Labute approximate surface area is 355 Å². The number of benzene rings is 4. The van der Waals surface area contributed by atoms with Gasteiger partial charge in [-0.15, -0.1) is 0 Å². The lowest BCUT2D eigenvalue weighted by molar-refractivity contribution is -0.118. The van der Waals surface area contributed by atoms with E-state index in [1.807, 2.05) is 31.2 Å². The summed E-state index contributed by atoms with van der Waals surface area (Å²) in [7, 11) is 0. The standard InChI is InChI=1S/C24H21ClN2O3.C23H19ClN2O4/c1-14-8-21-23(9-15(14)2)26-7-6-24(21)29-20-5-4-17(22(25)13-20)11-19(28)12-18-10-16(3)30-27-18;1-13-7-19-21(12-22(13)28)25-6-5-23(19)29-18-4-3-15(20(24)11-18)9-17(27)10-16-8-14(2)30-26-16/h4-10,13H,11-12H2,1-3H3;3-8,11-12,28H,9-10H2,1-2H3. The number of Topliss-reactive ketones (excluding diaryl/α,β-unsaturated/α-hetero) is 2. The van der Waals surface area contributed by atoms with Gasteiger partial charge in [0.15, 0.2) is 0 Å². The van der Waals surface area contributed by atoms with E-state index in [1.54, 1.807) is 74.8 Å². The van der Waals surface area contributed by atoms with E-state index in [1.165, 1.54) is 11.1 Å². The molecule has 8 rings (SSSR count). The third-order valence-electron chi connectivity index (χ3n) is 9.73. The largest absolute Gasteiger partial charge is 0.508 e. The number of aryl methyl sites for hydroxylation is 5. The lowest BCUT2D eigenvalue weighted by Gasteiger charge is -2.12. The Hall–Kier alpha value is -6.56. The minimum absolute atomic E-state index is 0.00530. The zero-order chi connectivity index (χ0) is 42.5. The van der Waals surface area contributed by atoms with Crippen LogP contribution in [0.3, 0.4) is 0 Å². The Bertz CT molecular complexity index is 2690. The second kappa shape index (κ2) is 18.1. The maximum atomic E-state index is 12.3. The van der Waals surface area contributed by atoms with Crippen molar-refractivity contribution in [3.63, 3.8) is 0 Å². The van der Waals surface area contributed by atoms with Crippen LogP contribution in [0.2, 0.25) is 10.0 Å². The van der Waals surface area contributed by atoms with Crippen molar-refractivity contribution in [2.75, 3.05) is 0 Å². The molecule has 4 aromatic carbocycles. The summed E-state index contributed by atoms with van der Waals surface area (Å²) in [5.41, 5.74) is 7.31. The van der Waals surface area contributed by atoms with Gasteiger partial charge in [0.05, 0.1) is 35.3 Å². The average Bonchev–Trinajstić information content (AvgIpc) is 3.81. The van der Waals surface area contributed by atoms with Crippen LogP contribution in [0.4, 0.5) is 0 Å². The molecule has 8 aromatic rings. The third-order valence-corrected chi connectivity index (χ3v) is 10.4. The van der Waals surface area contributed by atoms with E-state index in [2.05, 4.69) is 46.3 Å². The number of rotatable bonds is 12. The first-order valence-electron chi connectivity index (χ1n) is 19.0. The van der Waals surface area contributed by atoms with E-state index in [0.29, 0.717) is 61.5 Å². The van der Waals surface area contributed by atoms with Gasteiger partial charge in [0, 0.05) is 64.3 Å². The quantitative estimate of drug-likeness (QED) is 0.125. The number of nitrogens with zero attached hydrogens (tertiary/aromatic N) is 4. The fraction of sp³-hybridized carbons (Fsp3) is 0.191. The third kappa shape index (κ3) is 10.2. The van der Waals surface area contributed by atoms with Gasteiger partial charge in [-0.1, -0.05) is 45.6 Å². The van der Waals surface area contributed by atoms with Crippen LogP contribution in [-0.2, 0) is 35.3 Å². The minimum atomic E-state index is -0.00530. The van der Waals surface area contributed by atoms with Crippen LogP contribution >= 0.6 is 23.2 Å². The van der Waals surface area contributed by atoms with Crippen LogP contribution in [-0.4, -0.2) is 37.0 Å². The molecule has 0 radical (unpaired) electrons. The fourth-order valence-electron chi connectivity index (χ4n) is 6.50. The minimum Gasteiger partial charge on any atom is -0.508 e. The van der Waals surface area contributed by atoms with Crippen LogP contribution in [0.25, 0.3) is 21.8 Å². The molecule has 0 aliphatic heterocycles. The van der Waals surface area contributed by atoms with Crippen molar-refractivity contribution in [1.29, 1.82) is 0 Å². The molecule has 0 aliphatic carbocycles. The Kier molecular flexibility index (Phi) is 12.6. The van der Waals surface area contributed by atoms with Crippen molar-refractivity contribution in [2.24, 2.45) is 0 Å². The summed E-state index contributed by atoms with van der Waals surface area (Å²) in [4.78, 5) is 33.4. The predicted octanol–water partition coefficient (Wildman–Crippen LogP) is 11.3. The maximum absolute atomic E-state index is 12.3. The van der Waals surface area contributed by atoms with Gasteiger partial charge in [-0.25, -0.2) is 0 Å². The second-order valence-electron chi connectivity index (χ2n) is 14.6. The highest BCUT2D eigenvalue weighted by atomic mass is 35.5. The topological polar surface area (TPSA) is 151 Å². The molecule has 0 bridgehead atoms. The molecule has 11 nitrogen and oxygen atoms in total. The van der Waals surface area contributed by atoms with Crippen LogP contribution in [0.5, 0.6) is 28.7 Å². The normalized spacial score (nSPS) is 11.1. The van der Waals surface area contributed by atoms with E-state index in [-0.39, 0.29) is 43.0 Å². The number of ketones is 2. The van der Waals surface area contributed by atoms with E-state index in [0.717, 1.165) is 33.0 Å². The Morgan fingerprint density at radius 1 is 0.567 bits per heavy atom. The number of hydrogen-bond acceptors (Lipinski definition) is 11. The summed E-state index contributed by atoms with van der Waals surface area (Å²) in [5.74, 6) is 4.02. The molecular weight excluding hydrogens is 803 g/mol. The van der Waals surface area contributed by atoms with Gasteiger partial charge in [-0.05, 0) is 117 Å². The number of fused-ring (bicyclic) bond motifs is 2. The second-order valence-corrected chi connectivity index (χ2v) is 15.4. The smallest absolute Gasteiger partial charge is 0.143 e. The molecule has 4 aromatic heterocycles. The number of phenols is 1. The van der Waals surface area contributed by atoms with Gasteiger partial charge >= 0.3 is 0 Å². The molecule has 0 amide bonds. The number of aromatic hydroxyl groups is 1. The molecular formula is C47H40Cl2N4O7. The lowest BCUT2D eigenvalue weighted by Crippen LogP contribution is -2.07. The summed E-state index contributed by atoms with van der Waals surface area (Å²) in [6, 6.07) is 25.3. The highest BCUT2D eigenvalue weighted by Gasteiger charge is 2.15. The first kappa shape index (κ1) is 41.6. The fourth-order valence-corrected chi connectivity index (χ4v) is 6.98. The molecule has 304 valence electrons. The first-order chi connectivity index (χ1) is 28.8. The van der Waals surface area contributed by atoms with Gasteiger partial charge in [-0.2, -0.15) is 0 Å². The SMILES string of the molecule is Cc1cc(CC(=O)Cc2ccc(Oc3ccnc4cc(C)c(C)cc34)cc2Cl)no1.Cc1cc(CC(=O)Cc2ccc(Oc3ccnc4cc(O)c(C)cc34)cc2Cl)no1. The van der Waals surface area contributed by atoms with Gasteiger partial charge in [0.1, 0.15) is 51.8 Å². The summed E-state index contributed by atoms with van der Waals surface area (Å²) in [6.45, 7) is 9.52. The van der Waals surface area contributed by atoms with Crippen molar-refractivity contribution >= 4 is 56.6 Å². The van der Waals surface area contributed by atoms with Crippen molar-refractivity contribution in [3.8, 4) is 28.7 Å². The molecule has 1 N–H and O–H groups in total. The molecule has 0 saturated carbocycles. The molecule has 0 saturated heterocycles. The summed E-state index contributed by atoms with van der Waals surface area (Å²) >= 11 is 12.8. The highest BCUT2D eigenvalue weighted by molar-refractivity contribution is 6.32. The van der Waals surface area contributed by atoms with Gasteiger partial charge in [-0.3, -0.25) is 19.6 Å². The number of pyridine rings is 2. The molecule has 60 heavy (non-hydrogen) atoms. The van der Waals surface area contributed by atoms with E-state index < -0.39 is 0 Å². The van der Waals surface area contributed by atoms with Gasteiger partial charge in [0.25, 0.3) is 0 Å². The zero-order valence-electron chi connectivity index (χ0n) is 33.5. The number of carbonyl (C=O) groups excluding carboxylic acids is 2. The molecule has 0 atom stereocenters. The molecule has 0 spiro atoms. The Balaban J connectivity index is 0.000000181. The summed E-state index contributed by atoms with van der Waals surface area (Å²) in [5, 5.41) is 20.3. The van der Waals surface area contributed by atoms with Crippen molar-refractivity contribution in [2.45, 2.75) is 60.3 Å². The van der Waals surface area contributed by atoms with Crippen LogP contribution in [0.15, 0.2) is 106 Å². The first-order valence-corrected chi connectivity index (χ1v) is 19.8. The van der Waals surface area contributed by atoms with Crippen LogP contribution in [0.1, 0.15) is 50.7 Å². The average molecular weight is 844 g/mol. The van der Waals surface area contributed by atoms with Gasteiger partial charge in [0.2, 0.25) is 0 Å². The summed E-state index contributed by atoms with van der Waals surface area (Å²) < 4.78 is 22.1. The van der Waals surface area contributed by atoms with Crippen LogP contribution in [0, 0.1) is 34.6 Å². The van der Waals surface area contributed by atoms with E-state index in [4.69, 9.17) is 41.7 Å². The van der Waals surface area contributed by atoms with Crippen molar-refractivity contribution < 1.29 is 33.2 Å². The molecule has 13 heteroatoms. The molecule has 0 unspecified atom stereocenters. The number of halogens is 2. The molecule has 0 aliphatic rings. The summed E-state index contributed by atoms with van der Waals surface area (Å²) in [6.07, 6.45) is 4.18. The van der Waals surface area contributed by atoms with E-state index in [9.17, 15) is 14.7 Å². The number of aromatic nitrogens is 4. The zero-order valence-corrected chi connectivity index (χ0v) is 35.0.